The Bertz CT molecular complexity index is 398. The lowest BCUT2D eigenvalue weighted by Gasteiger charge is -2.29. The zero-order valence-electron chi connectivity index (χ0n) is 14.0. The standard InChI is InChI=1S/C18H31NO/c1-7-19-17(13-18(4,5)20-6)16-10-8-9-15(12-16)11-14(2)3/h8-10,12,14,17,19H,7,11,13H2,1-6H3. The van der Waals surface area contributed by atoms with Crippen molar-refractivity contribution in [2.75, 3.05) is 13.7 Å². The highest BCUT2D eigenvalue weighted by atomic mass is 16.5. The molecule has 0 radical (unpaired) electrons. The summed E-state index contributed by atoms with van der Waals surface area (Å²) < 4.78 is 5.59. The maximum absolute atomic E-state index is 5.59. The fourth-order valence-electron chi connectivity index (χ4n) is 2.54. The molecule has 1 unspecified atom stereocenters. The minimum atomic E-state index is -0.110. The van der Waals surface area contributed by atoms with E-state index >= 15 is 0 Å². The van der Waals surface area contributed by atoms with Gasteiger partial charge in [-0.15, -0.1) is 0 Å². The van der Waals surface area contributed by atoms with E-state index in [2.05, 4.69) is 64.2 Å². The number of hydrogen-bond acceptors (Lipinski definition) is 2. The molecule has 0 spiro atoms. The van der Waals surface area contributed by atoms with Gasteiger partial charge in [0.15, 0.2) is 0 Å². The van der Waals surface area contributed by atoms with Gasteiger partial charge in [-0.3, -0.25) is 0 Å². The van der Waals surface area contributed by atoms with E-state index in [1.165, 1.54) is 11.1 Å². The third kappa shape index (κ3) is 5.64. The van der Waals surface area contributed by atoms with E-state index in [4.69, 9.17) is 4.74 Å². The van der Waals surface area contributed by atoms with Gasteiger partial charge < -0.3 is 10.1 Å². The molecule has 0 aromatic heterocycles. The van der Waals surface area contributed by atoms with E-state index in [1.54, 1.807) is 7.11 Å². The van der Waals surface area contributed by atoms with Gasteiger partial charge >= 0.3 is 0 Å². The quantitative estimate of drug-likeness (QED) is 0.762. The first-order chi connectivity index (χ1) is 9.38. The molecule has 1 atom stereocenters. The second-order valence-electron chi connectivity index (χ2n) is 6.62. The van der Waals surface area contributed by atoms with Crippen molar-refractivity contribution in [3.8, 4) is 0 Å². The number of methoxy groups -OCH3 is 1. The largest absolute Gasteiger partial charge is 0.379 e. The monoisotopic (exact) mass is 277 g/mol. The molecule has 1 aromatic carbocycles. The first-order valence-corrected chi connectivity index (χ1v) is 7.75. The van der Waals surface area contributed by atoms with Crippen molar-refractivity contribution in [1.82, 2.24) is 5.32 Å². The zero-order valence-corrected chi connectivity index (χ0v) is 14.0. The molecule has 2 heteroatoms. The molecule has 0 aliphatic carbocycles. The molecular formula is C18H31NO. The van der Waals surface area contributed by atoms with E-state index in [1.807, 2.05) is 0 Å². The Morgan fingerprint density at radius 3 is 2.50 bits per heavy atom. The second kappa shape index (κ2) is 7.80. The molecule has 114 valence electrons. The van der Waals surface area contributed by atoms with Gasteiger partial charge in [0, 0.05) is 13.2 Å². The predicted molar refractivity (Wildman–Crippen MR) is 87.1 cm³/mol. The number of rotatable bonds is 8. The van der Waals surface area contributed by atoms with Crippen LogP contribution >= 0.6 is 0 Å². The van der Waals surface area contributed by atoms with E-state index in [0.717, 1.165) is 19.4 Å². The fourth-order valence-corrected chi connectivity index (χ4v) is 2.54. The third-order valence-corrected chi connectivity index (χ3v) is 3.70. The first kappa shape index (κ1) is 17.2. The molecule has 1 rings (SSSR count). The van der Waals surface area contributed by atoms with Crippen molar-refractivity contribution in [3.63, 3.8) is 0 Å². The van der Waals surface area contributed by atoms with Crippen LogP contribution in [-0.2, 0) is 11.2 Å². The molecule has 0 saturated heterocycles. The van der Waals surface area contributed by atoms with Crippen molar-refractivity contribution in [2.24, 2.45) is 5.92 Å². The summed E-state index contributed by atoms with van der Waals surface area (Å²) >= 11 is 0. The van der Waals surface area contributed by atoms with Gasteiger partial charge in [-0.2, -0.15) is 0 Å². The van der Waals surface area contributed by atoms with Gasteiger partial charge in [-0.1, -0.05) is 45.0 Å². The van der Waals surface area contributed by atoms with Crippen LogP contribution in [-0.4, -0.2) is 19.3 Å². The summed E-state index contributed by atoms with van der Waals surface area (Å²) in [5.74, 6) is 0.693. The SMILES string of the molecule is CCNC(CC(C)(C)OC)c1cccc(CC(C)C)c1. The molecule has 0 saturated carbocycles. The summed E-state index contributed by atoms with van der Waals surface area (Å²) in [6.07, 6.45) is 2.11. The summed E-state index contributed by atoms with van der Waals surface area (Å²) in [4.78, 5) is 0. The van der Waals surface area contributed by atoms with Crippen LogP contribution in [0.5, 0.6) is 0 Å². The lowest BCUT2D eigenvalue weighted by molar-refractivity contribution is 0.00696. The first-order valence-electron chi connectivity index (χ1n) is 7.75. The minimum Gasteiger partial charge on any atom is -0.379 e. The molecule has 2 nitrogen and oxygen atoms in total. The third-order valence-electron chi connectivity index (χ3n) is 3.70. The van der Waals surface area contributed by atoms with Crippen molar-refractivity contribution in [1.29, 1.82) is 0 Å². The van der Waals surface area contributed by atoms with E-state index < -0.39 is 0 Å². The molecule has 0 aliphatic rings. The maximum atomic E-state index is 5.59. The van der Waals surface area contributed by atoms with E-state index in [-0.39, 0.29) is 5.60 Å². The maximum Gasteiger partial charge on any atom is 0.0640 e. The van der Waals surface area contributed by atoms with Gasteiger partial charge in [0.25, 0.3) is 0 Å². The lowest BCUT2D eigenvalue weighted by Crippen LogP contribution is -2.32. The highest BCUT2D eigenvalue weighted by Crippen LogP contribution is 2.27. The van der Waals surface area contributed by atoms with Crippen LogP contribution < -0.4 is 5.32 Å². The second-order valence-corrected chi connectivity index (χ2v) is 6.62. The number of ether oxygens (including phenoxy) is 1. The lowest BCUT2D eigenvalue weighted by atomic mass is 9.91. The average Bonchev–Trinajstić information content (AvgIpc) is 2.37. The molecule has 0 amide bonds. The fraction of sp³-hybridized carbons (Fsp3) is 0.667. The van der Waals surface area contributed by atoms with Crippen LogP contribution in [0.15, 0.2) is 24.3 Å². The smallest absolute Gasteiger partial charge is 0.0640 e. The molecular weight excluding hydrogens is 246 g/mol. The summed E-state index contributed by atoms with van der Waals surface area (Å²) in [6, 6.07) is 9.33. The highest BCUT2D eigenvalue weighted by molar-refractivity contribution is 5.26. The van der Waals surface area contributed by atoms with Gasteiger partial charge in [-0.25, -0.2) is 0 Å². The number of hydrogen-bond donors (Lipinski definition) is 1. The van der Waals surface area contributed by atoms with Crippen LogP contribution in [0, 0.1) is 5.92 Å². The number of nitrogens with one attached hydrogen (secondary N) is 1. The Hall–Kier alpha value is -0.860. The van der Waals surface area contributed by atoms with Crippen LogP contribution in [0.25, 0.3) is 0 Å². The minimum absolute atomic E-state index is 0.110. The van der Waals surface area contributed by atoms with Crippen molar-refractivity contribution >= 4 is 0 Å². The van der Waals surface area contributed by atoms with E-state index in [0.29, 0.717) is 12.0 Å². The molecule has 0 bridgehead atoms. The zero-order chi connectivity index (χ0) is 15.2. The average molecular weight is 277 g/mol. The topological polar surface area (TPSA) is 21.3 Å². The Labute approximate surface area is 124 Å². The Balaban J connectivity index is 2.90. The van der Waals surface area contributed by atoms with Gasteiger partial charge in [0.1, 0.15) is 0 Å². The summed E-state index contributed by atoms with van der Waals surface area (Å²) in [7, 11) is 1.79. The molecule has 20 heavy (non-hydrogen) atoms. The van der Waals surface area contributed by atoms with Crippen molar-refractivity contribution in [2.45, 2.75) is 59.1 Å². The Kier molecular flexibility index (Phi) is 6.70. The van der Waals surface area contributed by atoms with Crippen LogP contribution in [0.2, 0.25) is 0 Å². The number of benzene rings is 1. The van der Waals surface area contributed by atoms with Gasteiger partial charge in [0.2, 0.25) is 0 Å². The summed E-state index contributed by atoms with van der Waals surface area (Å²) in [5, 5.41) is 3.59. The molecule has 1 aromatic rings. The predicted octanol–water partition coefficient (Wildman–Crippen LogP) is 4.35. The van der Waals surface area contributed by atoms with Crippen molar-refractivity contribution < 1.29 is 4.74 Å². The molecule has 0 aliphatic heterocycles. The van der Waals surface area contributed by atoms with Gasteiger partial charge in [-0.05, 0) is 50.3 Å². The molecule has 0 fully saturated rings. The summed E-state index contributed by atoms with van der Waals surface area (Å²) in [6.45, 7) is 12.0. The molecule has 1 N–H and O–H groups in total. The van der Waals surface area contributed by atoms with Gasteiger partial charge in [0.05, 0.1) is 5.60 Å². The van der Waals surface area contributed by atoms with E-state index in [9.17, 15) is 0 Å². The van der Waals surface area contributed by atoms with Crippen LogP contribution in [0.3, 0.4) is 0 Å². The Morgan fingerprint density at radius 1 is 1.25 bits per heavy atom. The summed E-state index contributed by atoms with van der Waals surface area (Å²) in [5.41, 5.74) is 2.69. The highest BCUT2D eigenvalue weighted by Gasteiger charge is 2.23. The Morgan fingerprint density at radius 2 is 1.95 bits per heavy atom. The van der Waals surface area contributed by atoms with Crippen LogP contribution in [0.4, 0.5) is 0 Å². The van der Waals surface area contributed by atoms with Crippen molar-refractivity contribution in [3.05, 3.63) is 35.4 Å². The van der Waals surface area contributed by atoms with Crippen LogP contribution in [0.1, 0.15) is 58.2 Å². The normalized spacial score (nSPS) is 13.8. The molecule has 0 heterocycles.